The van der Waals surface area contributed by atoms with Crippen LogP contribution < -0.4 is 11.1 Å². The van der Waals surface area contributed by atoms with Crippen molar-refractivity contribution < 1.29 is 14.3 Å². The summed E-state index contributed by atoms with van der Waals surface area (Å²) in [6.45, 7) is 10.8. The largest absolute Gasteiger partial charge is 0.459 e. The average Bonchev–Trinajstić information content (AvgIpc) is 2.41. The summed E-state index contributed by atoms with van der Waals surface area (Å²) in [7, 11) is 0. The molecule has 0 radical (unpaired) electrons. The van der Waals surface area contributed by atoms with Gasteiger partial charge in [0.05, 0.1) is 13.2 Å². The second-order valence-corrected chi connectivity index (χ2v) is 6.02. The van der Waals surface area contributed by atoms with E-state index in [0.717, 1.165) is 45.8 Å². The fourth-order valence-corrected chi connectivity index (χ4v) is 1.92. The summed E-state index contributed by atoms with van der Waals surface area (Å²) < 4.78 is 10.4. The second-order valence-electron chi connectivity index (χ2n) is 6.02. The van der Waals surface area contributed by atoms with Crippen molar-refractivity contribution >= 4 is 35.9 Å². The normalized spacial score (nSPS) is 16.8. The van der Waals surface area contributed by atoms with E-state index < -0.39 is 5.60 Å². The molecule has 1 rings (SSSR count). The van der Waals surface area contributed by atoms with Crippen LogP contribution in [0.5, 0.6) is 0 Å². The molecular weight excluding hydrogens is 399 g/mol. The summed E-state index contributed by atoms with van der Waals surface area (Å²) in [5, 5.41) is 3.00. The SMILES string of the molecule is CC(C)(C)OC(=O)CN=C(N)NCCCN1CCOCC1.I. The summed E-state index contributed by atoms with van der Waals surface area (Å²) >= 11 is 0. The molecule has 1 fully saturated rings. The zero-order chi connectivity index (χ0) is 15.7. The van der Waals surface area contributed by atoms with Crippen molar-refractivity contribution in [3.05, 3.63) is 0 Å². The monoisotopic (exact) mass is 428 g/mol. The minimum absolute atomic E-state index is 0. The fraction of sp³-hybridized carbons (Fsp3) is 0.857. The molecule has 0 saturated carbocycles. The van der Waals surface area contributed by atoms with E-state index in [1.165, 1.54) is 0 Å². The molecule has 0 aromatic rings. The lowest BCUT2D eigenvalue weighted by Gasteiger charge is -2.26. The van der Waals surface area contributed by atoms with Gasteiger partial charge in [0.25, 0.3) is 0 Å². The lowest BCUT2D eigenvalue weighted by atomic mass is 10.2. The number of guanidine groups is 1. The van der Waals surface area contributed by atoms with Gasteiger partial charge in [-0.25, -0.2) is 4.99 Å². The van der Waals surface area contributed by atoms with Gasteiger partial charge < -0.3 is 20.5 Å². The van der Waals surface area contributed by atoms with Crippen molar-refractivity contribution in [3.8, 4) is 0 Å². The van der Waals surface area contributed by atoms with Crippen LogP contribution in [0.25, 0.3) is 0 Å². The number of hydrogen-bond donors (Lipinski definition) is 2. The molecule has 8 heteroatoms. The molecule has 0 atom stereocenters. The summed E-state index contributed by atoms with van der Waals surface area (Å²) in [5.41, 5.74) is 5.21. The third kappa shape index (κ3) is 11.0. The Labute approximate surface area is 150 Å². The number of rotatable bonds is 6. The van der Waals surface area contributed by atoms with Crippen molar-refractivity contribution in [1.29, 1.82) is 0 Å². The first-order valence-corrected chi connectivity index (χ1v) is 7.42. The first kappa shape index (κ1) is 21.4. The number of nitrogens with two attached hydrogens (primary N) is 1. The minimum Gasteiger partial charge on any atom is -0.459 e. The van der Waals surface area contributed by atoms with Gasteiger partial charge in [-0.3, -0.25) is 9.69 Å². The maximum absolute atomic E-state index is 11.5. The topological polar surface area (TPSA) is 89.2 Å². The van der Waals surface area contributed by atoms with Gasteiger partial charge >= 0.3 is 5.97 Å². The lowest BCUT2D eigenvalue weighted by molar-refractivity contribution is -0.152. The summed E-state index contributed by atoms with van der Waals surface area (Å²) in [6.07, 6.45) is 0.975. The Bertz CT molecular complexity index is 352. The van der Waals surface area contributed by atoms with Gasteiger partial charge in [0.2, 0.25) is 0 Å². The van der Waals surface area contributed by atoms with E-state index >= 15 is 0 Å². The first-order chi connectivity index (χ1) is 9.87. The van der Waals surface area contributed by atoms with Crippen LogP contribution in [0.4, 0.5) is 0 Å². The molecule has 3 N–H and O–H groups in total. The molecular formula is C14H29IN4O3. The number of carbonyl (C=O) groups excluding carboxylic acids is 1. The van der Waals surface area contributed by atoms with Crippen LogP contribution >= 0.6 is 24.0 Å². The van der Waals surface area contributed by atoms with Crippen molar-refractivity contribution in [2.75, 3.05) is 45.9 Å². The van der Waals surface area contributed by atoms with Gasteiger partial charge in [0.15, 0.2) is 5.96 Å². The zero-order valence-electron chi connectivity index (χ0n) is 13.8. The Morgan fingerprint density at radius 1 is 1.36 bits per heavy atom. The molecule has 7 nitrogen and oxygen atoms in total. The molecule has 130 valence electrons. The van der Waals surface area contributed by atoms with Crippen molar-refractivity contribution in [3.63, 3.8) is 0 Å². The fourth-order valence-electron chi connectivity index (χ4n) is 1.92. The summed E-state index contributed by atoms with van der Waals surface area (Å²) in [5.74, 6) is -0.0941. The Balaban J connectivity index is 0.00000441. The highest BCUT2D eigenvalue weighted by atomic mass is 127. The Hall–Kier alpha value is -0.610. The zero-order valence-corrected chi connectivity index (χ0v) is 16.1. The maximum Gasteiger partial charge on any atom is 0.328 e. The predicted octanol–water partition coefficient (Wildman–Crippen LogP) is 0.573. The van der Waals surface area contributed by atoms with Crippen LogP contribution in [0.3, 0.4) is 0 Å². The second kappa shape index (κ2) is 11.0. The van der Waals surface area contributed by atoms with Crippen molar-refractivity contribution in [2.24, 2.45) is 10.7 Å². The van der Waals surface area contributed by atoms with E-state index in [0.29, 0.717) is 0 Å². The van der Waals surface area contributed by atoms with Crippen LogP contribution in [0.15, 0.2) is 4.99 Å². The Morgan fingerprint density at radius 2 is 2.00 bits per heavy atom. The number of esters is 1. The number of hydrogen-bond acceptors (Lipinski definition) is 5. The summed E-state index contributed by atoms with van der Waals surface area (Å²) in [4.78, 5) is 17.8. The minimum atomic E-state index is -0.493. The van der Waals surface area contributed by atoms with Gasteiger partial charge in [-0.2, -0.15) is 0 Å². The molecule has 0 aromatic carbocycles. The molecule has 0 spiro atoms. The number of aliphatic imine (C=N–C) groups is 1. The third-order valence-corrected chi connectivity index (χ3v) is 2.86. The molecule has 1 aliphatic heterocycles. The number of nitrogens with one attached hydrogen (secondary N) is 1. The molecule has 0 amide bonds. The predicted molar refractivity (Wildman–Crippen MR) is 97.6 cm³/mol. The standard InChI is InChI=1S/C14H28N4O3.HI/c1-14(2,3)21-12(19)11-17-13(15)16-5-4-6-18-7-9-20-10-8-18;/h4-11H2,1-3H3,(H3,15,16,17);1H. The van der Waals surface area contributed by atoms with Gasteiger partial charge in [0, 0.05) is 19.6 Å². The van der Waals surface area contributed by atoms with Gasteiger partial charge in [0.1, 0.15) is 12.1 Å². The Kier molecular flexibility index (Phi) is 10.7. The van der Waals surface area contributed by atoms with Gasteiger partial charge in [-0.15, -0.1) is 24.0 Å². The quantitative estimate of drug-likeness (QED) is 0.212. The number of morpholine rings is 1. The van der Waals surface area contributed by atoms with Crippen LogP contribution in [0.1, 0.15) is 27.2 Å². The van der Waals surface area contributed by atoms with E-state index in [2.05, 4.69) is 15.2 Å². The van der Waals surface area contributed by atoms with Crippen molar-refractivity contribution in [2.45, 2.75) is 32.8 Å². The van der Waals surface area contributed by atoms with Crippen LogP contribution in [0, 0.1) is 0 Å². The third-order valence-electron chi connectivity index (χ3n) is 2.86. The molecule has 22 heavy (non-hydrogen) atoms. The molecule has 1 saturated heterocycles. The molecule has 0 aliphatic carbocycles. The smallest absolute Gasteiger partial charge is 0.328 e. The highest BCUT2D eigenvalue weighted by Gasteiger charge is 2.15. The van der Waals surface area contributed by atoms with E-state index in [9.17, 15) is 4.79 Å². The van der Waals surface area contributed by atoms with Crippen LogP contribution in [0.2, 0.25) is 0 Å². The van der Waals surface area contributed by atoms with E-state index in [-0.39, 0.29) is 42.5 Å². The average molecular weight is 428 g/mol. The number of ether oxygens (including phenoxy) is 2. The molecule has 0 unspecified atom stereocenters. The molecule has 0 aromatic heterocycles. The van der Waals surface area contributed by atoms with Crippen LogP contribution in [-0.2, 0) is 14.3 Å². The number of nitrogens with zero attached hydrogens (tertiary/aromatic N) is 2. The number of carbonyl (C=O) groups is 1. The highest BCUT2D eigenvalue weighted by Crippen LogP contribution is 2.06. The molecule has 0 bridgehead atoms. The first-order valence-electron chi connectivity index (χ1n) is 7.42. The summed E-state index contributed by atoms with van der Waals surface area (Å²) in [6, 6.07) is 0. The van der Waals surface area contributed by atoms with Crippen molar-refractivity contribution in [1.82, 2.24) is 10.2 Å². The van der Waals surface area contributed by atoms with Gasteiger partial charge in [-0.1, -0.05) is 0 Å². The Morgan fingerprint density at radius 3 is 2.59 bits per heavy atom. The molecule has 1 aliphatic rings. The maximum atomic E-state index is 11.5. The van der Waals surface area contributed by atoms with E-state index in [1.807, 2.05) is 20.8 Å². The molecule has 1 heterocycles. The van der Waals surface area contributed by atoms with Crippen LogP contribution in [-0.4, -0.2) is 68.4 Å². The highest BCUT2D eigenvalue weighted by molar-refractivity contribution is 14.0. The lowest BCUT2D eigenvalue weighted by Crippen LogP contribution is -2.39. The van der Waals surface area contributed by atoms with Gasteiger partial charge in [-0.05, 0) is 33.7 Å². The van der Waals surface area contributed by atoms with E-state index in [4.69, 9.17) is 15.2 Å². The number of halogens is 1. The van der Waals surface area contributed by atoms with E-state index in [1.54, 1.807) is 0 Å².